The third-order valence-electron chi connectivity index (χ3n) is 5.19. The summed E-state index contributed by atoms with van der Waals surface area (Å²) in [6.45, 7) is 2.59. The molecule has 0 aliphatic rings. The van der Waals surface area contributed by atoms with Crippen LogP contribution in [0.1, 0.15) is 21.9 Å². The zero-order valence-corrected chi connectivity index (χ0v) is 17.6. The van der Waals surface area contributed by atoms with Crippen LogP contribution in [-0.2, 0) is 11.3 Å². The molecule has 0 saturated heterocycles. The Labute approximate surface area is 178 Å². The van der Waals surface area contributed by atoms with E-state index in [1.165, 1.54) is 0 Å². The van der Waals surface area contributed by atoms with Crippen LogP contribution >= 0.6 is 0 Å². The number of hydrogen-bond acceptors (Lipinski definition) is 6. The lowest BCUT2D eigenvalue weighted by Gasteiger charge is -2.21. The largest absolute Gasteiger partial charge is 0.497 e. The zero-order valence-electron chi connectivity index (χ0n) is 17.6. The number of benzene rings is 2. The molecular weight excluding hydrogens is 398 g/mol. The van der Waals surface area contributed by atoms with Crippen molar-refractivity contribution in [2.75, 3.05) is 27.4 Å². The fraction of sp³-hybridized carbons (Fsp3) is 0.261. The van der Waals surface area contributed by atoms with E-state index in [4.69, 9.17) is 13.9 Å². The van der Waals surface area contributed by atoms with E-state index in [1.807, 2.05) is 19.1 Å². The molecule has 31 heavy (non-hydrogen) atoms. The van der Waals surface area contributed by atoms with E-state index in [-0.39, 0.29) is 23.8 Å². The zero-order chi connectivity index (χ0) is 22.0. The SMILES string of the molecule is COCCN(Cc1nc2ccccc2c(=O)[nH]1)C(=O)c1oc2ccc(OC)cc2c1C. The number of carbonyl (C=O) groups is 1. The summed E-state index contributed by atoms with van der Waals surface area (Å²) in [5.41, 5.74) is 1.66. The topological polar surface area (TPSA) is 97.7 Å². The van der Waals surface area contributed by atoms with Crippen LogP contribution in [-0.4, -0.2) is 48.1 Å². The van der Waals surface area contributed by atoms with Crippen molar-refractivity contribution in [1.82, 2.24) is 14.9 Å². The van der Waals surface area contributed by atoms with E-state index in [0.29, 0.717) is 41.2 Å². The number of nitrogens with zero attached hydrogens (tertiary/aromatic N) is 2. The number of amides is 1. The number of ether oxygens (including phenoxy) is 2. The van der Waals surface area contributed by atoms with Gasteiger partial charge < -0.3 is 23.8 Å². The smallest absolute Gasteiger partial charge is 0.290 e. The fourth-order valence-electron chi connectivity index (χ4n) is 3.52. The maximum Gasteiger partial charge on any atom is 0.290 e. The molecule has 160 valence electrons. The molecule has 0 fully saturated rings. The van der Waals surface area contributed by atoms with E-state index < -0.39 is 0 Å². The highest BCUT2D eigenvalue weighted by Gasteiger charge is 2.24. The van der Waals surface area contributed by atoms with Gasteiger partial charge in [-0.3, -0.25) is 9.59 Å². The Morgan fingerprint density at radius 3 is 2.74 bits per heavy atom. The number of para-hydroxylation sites is 1. The highest BCUT2D eigenvalue weighted by Crippen LogP contribution is 2.29. The number of carbonyl (C=O) groups excluding carboxylic acids is 1. The summed E-state index contributed by atoms with van der Waals surface area (Å²) < 4.78 is 16.3. The summed E-state index contributed by atoms with van der Waals surface area (Å²) in [6, 6.07) is 12.5. The molecule has 4 aromatic rings. The molecule has 0 atom stereocenters. The summed E-state index contributed by atoms with van der Waals surface area (Å²) in [5, 5.41) is 1.31. The molecule has 8 heteroatoms. The summed E-state index contributed by atoms with van der Waals surface area (Å²) in [6.07, 6.45) is 0. The Balaban J connectivity index is 1.69. The molecule has 2 heterocycles. The maximum absolute atomic E-state index is 13.4. The van der Waals surface area contributed by atoms with Gasteiger partial charge in [-0.25, -0.2) is 4.98 Å². The Bertz CT molecular complexity index is 1310. The third-order valence-corrected chi connectivity index (χ3v) is 5.19. The fourth-order valence-corrected chi connectivity index (χ4v) is 3.52. The summed E-state index contributed by atoms with van der Waals surface area (Å²) in [5.74, 6) is 1.01. The quantitative estimate of drug-likeness (QED) is 0.492. The van der Waals surface area contributed by atoms with Gasteiger partial charge in [0.25, 0.3) is 11.5 Å². The van der Waals surface area contributed by atoms with E-state index in [0.717, 1.165) is 10.9 Å². The van der Waals surface area contributed by atoms with Crippen LogP contribution in [0.4, 0.5) is 0 Å². The standard InChI is InChI=1S/C23H23N3O5/c1-14-17-12-15(30-3)8-9-19(17)31-21(14)23(28)26(10-11-29-2)13-20-24-18-7-5-4-6-16(18)22(27)25-20/h4-9,12H,10-11,13H2,1-3H3,(H,24,25,27). The molecule has 2 aromatic carbocycles. The summed E-state index contributed by atoms with van der Waals surface area (Å²) in [7, 11) is 3.16. The van der Waals surface area contributed by atoms with Gasteiger partial charge in [0.15, 0.2) is 5.76 Å². The van der Waals surface area contributed by atoms with Crippen LogP contribution in [0.5, 0.6) is 5.75 Å². The number of aryl methyl sites for hydroxylation is 1. The number of aromatic nitrogens is 2. The highest BCUT2D eigenvalue weighted by atomic mass is 16.5. The molecule has 0 aliphatic carbocycles. The lowest BCUT2D eigenvalue weighted by Crippen LogP contribution is -2.34. The van der Waals surface area contributed by atoms with Crippen LogP contribution in [0.3, 0.4) is 0 Å². The number of rotatable bonds is 7. The molecule has 0 bridgehead atoms. The summed E-state index contributed by atoms with van der Waals surface area (Å²) in [4.78, 5) is 34.6. The van der Waals surface area contributed by atoms with Crippen molar-refractivity contribution in [2.45, 2.75) is 13.5 Å². The molecule has 1 amide bonds. The van der Waals surface area contributed by atoms with Gasteiger partial charge in [0.2, 0.25) is 0 Å². The van der Waals surface area contributed by atoms with Crippen molar-refractivity contribution in [3.8, 4) is 5.75 Å². The second-order valence-corrected chi connectivity index (χ2v) is 7.17. The molecule has 0 radical (unpaired) electrons. The molecule has 8 nitrogen and oxygen atoms in total. The number of furan rings is 1. The molecule has 0 saturated carbocycles. The first-order valence-electron chi connectivity index (χ1n) is 9.85. The lowest BCUT2D eigenvalue weighted by molar-refractivity contribution is 0.0645. The average molecular weight is 421 g/mol. The Morgan fingerprint density at radius 1 is 1.16 bits per heavy atom. The van der Waals surface area contributed by atoms with Gasteiger partial charge in [-0.15, -0.1) is 0 Å². The monoisotopic (exact) mass is 421 g/mol. The van der Waals surface area contributed by atoms with E-state index in [9.17, 15) is 9.59 Å². The molecule has 0 unspecified atom stereocenters. The van der Waals surface area contributed by atoms with Crippen molar-refractivity contribution >= 4 is 27.8 Å². The van der Waals surface area contributed by atoms with Gasteiger partial charge in [-0.2, -0.15) is 0 Å². The first-order chi connectivity index (χ1) is 15.0. The van der Waals surface area contributed by atoms with Crippen LogP contribution in [0, 0.1) is 6.92 Å². The molecule has 4 rings (SSSR count). The minimum absolute atomic E-state index is 0.113. The van der Waals surface area contributed by atoms with Gasteiger partial charge in [0.1, 0.15) is 17.2 Å². The van der Waals surface area contributed by atoms with Crippen LogP contribution < -0.4 is 10.3 Å². The van der Waals surface area contributed by atoms with Gasteiger partial charge in [0.05, 0.1) is 31.2 Å². The first-order valence-corrected chi connectivity index (χ1v) is 9.85. The second kappa shape index (κ2) is 8.61. The van der Waals surface area contributed by atoms with Crippen LogP contribution in [0.15, 0.2) is 51.7 Å². The van der Waals surface area contributed by atoms with Gasteiger partial charge in [-0.1, -0.05) is 12.1 Å². The lowest BCUT2D eigenvalue weighted by atomic mass is 10.1. The maximum atomic E-state index is 13.4. The van der Waals surface area contributed by atoms with Gasteiger partial charge in [0, 0.05) is 24.6 Å². The van der Waals surface area contributed by atoms with Crippen molar-refractivity contribution in [3.05, 3.63) is 70.0 Å². The Morgan fingerprint density at radius 2 is 1.97 bits per heavy atom. The van der Waals surface area contributed by atoms with Gasteiger partial charge in [-0.05, 0) is 37.3 Å². The average Bonchev–Trinajstić information content (AvgIpc) is 3.12. The van der Waals surface area contributed by atoms with Crippen molar-refractivity contribution in [2.24, 2.45) is 0 Å². The van der Waals surface area contributed by atoms with Crippen LogP contribution in [0.2, 0.25) is 0 Å². The number of hydrogen-bond donors (Lipinski definition) is 1. The number of H-pyrrole nitrogens is 1. The summed E-state index contributed by atoms with van der Waals surface area (Å²) >= 11 is 0. The number of fused-ring (bicyclic) bond motifs is 2. The molecule has 0 spiro atoms. The molecular formula is C23H23N3O5. The minimum atomic E-state index is -0.305. The van der Waals surface area contributed by atoms with Crippen molar-refractivity contribution < 1.29 is 18.7 Å². The van der Waals surface area contributed by atoms with E-state index in [2.05, 4.69) is 9.97 Å². The van der Waals surface area contributed by atoms with Crippen molar-refractivity contribution in [1.29, 1.82) is 0 Å². The predicted molar refractivity (Wildman–Crippen MR) is 116 cm³/mol. The third kappa shape index (κ3) is 4.02. The van der Waals surface area contributed by atoms with Gasteiger partial charge >= 0.3 is 0 Å². The molecule has 1 N–H and O–H groups in total. The number of aromatic amines is 1. The predicted octanol–water partition coefficient (Wildman–Crippen LogP) is 3.28. The minimum Gasteiger partial charge on any atom is -0.497 e. The highest BCUT2D eigenvalue weighted by molar-refractivity contribution is 5.99. The van der Waals surface area contributed by atoms with Crippen LogP contribution in [0.25, 0.3) is 21.9 Å². The van der Waals surface area contributed by atoms with E-state index >= 15 is 0 Å². The molecule has 2 aromatic heterocycles. The second-order valence-electron chi connectivity index (χ2n) is 7.17. The Kier molecular flexibility index (Phi) is 5.73. The van der Waals surface area contributed by atoms with Crippen molar-refractivity contribution in [3.63, 3.8) is 0 Å². The van der Waals surface area contributed by atoms with E-state index in [1.54, 1.807) is 49.5 Å². The number of methoxy groups -OCH3 is 2. The first kappa shape index (κ1) is 20.6. The number of nitrogens with one attached hydrogen (secondary N) is 1. The molecule has 0 aliphatic heterocycles. The Hall–Kier alpha value is -3.65. The normalized spacial score (nSPS) is 11.2.